The molecule has 0 radical (unpaired) electrons. The summed E-state index contributed by atoms with van der Waals surface area (Å²) in [5.41, 5.74) is 10.7. The molecule has 162 valence electrons. The summed E-state index contributed by atoms with van der Waals surface area (Å²) in [5.74, 6) is 0.683. The zero-order valence-corrected chi connectivity index (χ0v) is 18.2. The van der Waals surface area contributed by atoms with Gasteiger partial charge in [0.25, 0.3) is 5.91 Å². The molecule has 0 saturated carbocycles. The Morgan fingerprint density at radius 2 is 1.76 bits per heavy atom. The number of hydrogen-bond acceptors (Lipinski definition) is 5. The van der Waals surface area contributed by atoms with Crippen molar-refractivity contribution in [2.75, 3.05) is 7.11 Å². The third-order valence-electron chi connectivity index (χ3n) is 5.49. The molecule has 0 aliphatic carbocycles. The minimum absolute atomic E-state index is 0.166. The Bertz CT molecular complexity index is 1480. The molecule has 0 saturated heterocycles. The van der Waals surface area contributed by atoms with Gasteiger partial charge >= 0.3 is 0 Å². The molecule has 2 aromatic carbocycles. The van der Waals surface area contributed by atoms with Crippen molar-refractivity contribution in [2.24, 2.45) is 5.73 Å². The number of methoxy groups -OCH3 is 1. The third-order valence-corrected chi connectivity index (χ3v) is 5.49. The third kappa shape index (κ3) is 3.59. The number of carbonyl (C=O) groups is 1. The molecule has 3 heterocycles. The molecule has 0 atom stereocenters. The predicted octanol–water partition coefficient (Wildman–Crippen LogP) is 4.57. The van der Waals surface area contributed by atoms with Crippen LogP contribution in [-0.4, -0.2) is 32.8 Å². The Morgan fingerprint density at radius 1 is 0.970 bits per heavy atom. The fourth-order valence-corrected chi connectivity index (χ4v) is 3.99. The number of aryl methyl sites for hydroxylation is 1. The lowest BCUT2D eigenvalue weighted by Gasteiger charge is -2.13. The van der Waals surface area contributed by atoms with E-state index in [9.17, 15) is 4.79 Å². The van der Waals surface area contributed by atoms with Crippen molar-refractivity contribution >= 4 is 16.8 Å². The molecule has 33 heavy (non-hydrogen) atoms. The van der Waals surface area contributed by atoms with Crippen molar-refractivity contribution < 1.29 is 9.53 Å². The normalized spacial score (nSPS) is 11.0. The van der Waals surface area contributed by atoms with Gasteiger partial charge in [-0.2, -0.15) is 5.10 Å². The number of benzene rings is 2. The van der Waals surface area contributed by atoms with Crippen LogP contribution in [-0.2, 0) is 0 Å². The van der Waals surface area contributed by atoms with E-state index in [2.05, 4.69) is 15.1 Å². The molecule has 0 spiro atoms. The van der Waals surface area contributed by atoms with Crippen LogP contribution < -0.4 is 10.5 Å². The van der Waals surface area contributed by atoms with E-state index >= 15 is 0 Å². The first-order valence-corrected chi connectivity index (χ1v) is 10.4. The minimum Gasteiger partial charge on any atom is -0.497 e. The monoisotopic (exact) mass is 435 g/mol. The second-order valence-corrected chi connectivity index (χ2v) is 7.59. The van der Waals surface area contributed by atoms with Crippen LogP contribution in [0.3, 0.4) is 0 Å². The lowest BCUT2D eigenvalue weighted by atomic mass is 9.96. The molecule has 7 heteroatoms. The van der Waals surface area contributed by atoms with E-state index in [4.69, 9.17) is 10.5 Å². The first kappa shape index (κ1) is 20.4. The van der Waals surface area contributed by atoms with Crippen LogP contribution in [0.5, 0.6) is 5.75 Å². The van der Waals surface area contributed by atoms with Gasteiger partial charge in [-0.15, -0.1) is 0 Å². The first-order chi connectivity index (χ1) is 16.1. The van der Waals surface area contributed by atoms with E-state index in [1.807, 2.05) is 79.7 Å². The lowest BCUT2D eigenvalue weighted by molar-refractivity contribution is 0.0996. The van der Waals surface area contributed by atoms with Crippen molar-refractivity contribution in [3.63, 3.8) is 0 Å². The number of nitrogens with two attached hydrogens (primary N) is 1. The van der Waals surface area contributed by atoms with Gasteiger partial charge in [0.1, 0.15) is 5.75 Å². The number of hydrogen-bond donors (Lipinski definition) is 1. The number of nitrogens with zero attached hydrogens (tertiary/aromatic N) is 4. The lowest BCUT2D eigenvalue weighted by Crippen LogP contribution is -2.13. The van der Waals surface area contributed by atoms with Crippen LogP contribution in [0.15, 0.2) is 79.0 Å². The zero-order valence-electron chi connectivity index (χ0n) is 18.2. The maximum absolute atomic E-state index is 12.6. The van der Waals surface area contributed by atoms with Gasteiger partial charge in [0, 0.05) is 28.4 Å². The Balaban J connectivity index is 1.91. The highest BCUT2D eigenvalue weighted by Gasteiger charge is 2.26. The van der Waals surface area contributed by atoms with Crippen LogP contribution in [0.4, 0.5) is 0 Å². The van der Waals surface area contributed by atoms with Crippen molar-refractivity contribution in [3.8, 4) is 34.0 Å². The Hall–Kier alpha value is -4.52. The summed E-state index contributed by atoms with van der Waals surface area (Å²) in [6.07, 6.45) is 1.75. The number of carbonyl (C=O) groups excluding carboxylic acids is 1. The number of pyridine rings is 2. The largest absolute Gasteiger partial charge is 0.497 e. The van der Waals surface area contributed by atoms with Gasteiger partial charge in [0.2, 0.25) is 0 Å². The standard InChI is InChI=1S/C26H21N5O2/c1-16-6-5-9-22(29-16)31-25(20-14-15-28-21-8-4-3-7-19(20)21)23(24(30-31)26(27)32)17-10-12-18(33-2)13-11-17/h3-15H,1-2H3,(H2,27,32). The van der Waals surface area contributed by atoms with E-state index in [1.165, 1.54) is 0 Å². The van der Waals surface area contributed by atoms with Gasteiger partial charge in [-0.05, 0) is 48.9 Å². The Morgan fingerprint density at radius 3 is 2.48 bits per heavy atom. The summed E-state index contributed by atoms with van der Waals surface area (Å²) in [4.78, 5) is 21.7. The van der Waals surface area contributed by atoms with E-state index in [-0.39, 0.29) is 5.69 Å². The topological polar surface area (TPSA) is 95.9 Å². The fourth-order valence-electron chi connectivity index (χ4n) is 3.99. The molecule has 0 aliphatic heterocycles. The smallest absolute Gasteiger partial charge is 0.269 e. The van der Waals surface area contributed by atoms with Gasteiger partial charge in [-0.3, -0.25) is 9.78 Å². The van der Waals surface area contributed by atoms with Gasteiger partial charge in [-0.25, -0.2) is 9.67 Å². The van der Waals surface area contributed by atoms with Gasteiger partial charge < -0.3 is 10.5 Å². The van der Waals surface area contributed by atoms with Crippen molar-refractivity contribution in [3.05, 3.63) is 90.4 Å². The number of amides is 1. The summed E-state index contributed by atoms with van der Waals surface area (Å²) < 4.78 is 7.00. The average molecular weight is 435 g/mol. The summed E-state index contributed by atoms with van der Waals surface area (Å²) >= 11 is 0. The second-order valence-electron chi connectivity index (χ2n) is 7.59. The Labute approximate surface area is 190 Å². The van der Waals surface area contributed by atoms with Crippen LogP contribution in [0.25, 0.3) is 39.1 Å². The van der Waals surface area contributed by atoms with Crippen molar-refractivity contribution in [1.29, 1.82) is 0 Å². The Kier molecular flexibility index (Phi) is 5.06. The quantitative estimate of drug-likeness (QED) is 0.436. The predicted molar refractivity (Wildman–Crippen MR) is 127 cm³/mol. The molecule has 0 bridgehead atoms. The molecule has 5 rings (SSSR count). The fraction of sp³-hybridized carbons (Fsp3) is 0.0769. The molecule has 5 aromatic rings. The van der Waals surface area contributed by atoms with Crippen molar-refractivity contribution in [1.82, 2.24) is 19.7 Å². The molecular weight excluding hydrogens is 414 g/mol. The second kappa shape index (κ2) is 8.20. The van der Waals surface area contributed by atoms with E-state index in [0.717, 1.165) is 27.7 Å². The average Bonchev–Trinajstić information content (AvgIpc) is 3.24. The minimum atomic E-state index is -0.619. The maximum Gasteiger partial charge on any atom is 0.269 e. The van der Waals surface area contributed by atoms with Crippen LogP contribution in [0.2, 0.25) is 0 Å². The summed E-state index contributed by atoms with van der Waals surface area (Å²) in [6.45, 7) is 1.91. The highest BCUT2D eigenvalue weighted by Crippen LogP contribution is 2.39. The molecular formula is C26H21N5O2. The van der Waals surface area contributed by atoms with Gasteiger partial charge in [0.15, 0.2) is 11.5 Å². The van der Waals surface area contributed by atoms with E-state index in [1.54, 1.807) is 18.0 Å². The zero-order chi connectivity index (χ0) is 22.9. The van der Waals surface area contributed by atoms with Gasteiger partial charge in [-0.1, -0.05) is 36.4 Å². The molecule has 1 amide bonds. The van der Waals surface area contributed by atoms with Crippen molar-refractivity contribution in [2.45, 2.75) is 6.92 Å². The van der Waals surface area contributed by atoms with Crippen LogP contribution in [0.1, 0.15) is 16.2 Å². The number of rotatable bonds is 5. The number of para-hydroxylation sites is 1. The molecule has 3 aromatic heterocycles. The summed E-state index contributed by atoms with van der Waals surface area (Å²) in [5, 5.41) is 5.58. The summed E-state index contributed by atoms with van der Waals surface area (Å²) in [6, 6.07) is 22.9. The molecule has 7 nitrogen and oxygen atoms in total. The van der Waals surface area contributed by atoms with Gasteiger partial charge in [0.05, 0.1) is 18.3 Å². The van der Waals surface area contributed by atoms with Crippen LogP contribution in [0, 0.1) is 6.92 Å². The molecule has 0 aliphatic rings. The van der Waals surface area contributed by atoms with E-state index < -0.39 is 5.91 Å². The maximum atomic E-state index is 12.6. The number of ether oxygens (including phenoxy) is 1. The molecule has 0 fully saturated rings. The number of fused-ring (bicyclic) bond motifs is 1. The van der Waals surface area contributed by atoms with E-state index in [0.29, 0.717) is 22.8 Å². The number of primary amides is 1. The highest BCUT2D eigenvalue weighted by atomic mass is 16.5. The SMILES string of the molecule is COc1ccc(-c2c(C(N)=O)nn(-c3cccc(C)n3)c2-c2ccnc3ccccc23)cc1. The first-order valence-electron chi connectivity index (χ1n) is 10.4. The summed E-state index contributed by atoms with van der Waals surface area (Å²) in [7, 11) is 1.61. The number of aromatic nitrogens is 4. The molecule has 2 N–H and O–H groups in total. The van der Waals surface area contributed by atoms with Crippen LogP contribution >= 0.6 is 0 Å². The molecule has 0 unspecified atom stereocenters. The highest BCUT2D eigenvalue weighted by molar-refractivity contribution is 6.05.